The molecule has 0 aromatic rings. The second kappa shape index (κ2) is 11.9. The molecule has 2 rings (SSSR count). The van der Waals surface area contributed by atoms with Crippen molar-refractivity contribution in [3.8, 4) is 0 Å². The quantitative estimate of drug-likeness (QED) is 0.460. The molecule has 2 unspecified atom stereocenters. The Morgan fingerprint density at radius 2 is 2.00 bits per heavy atom. The lowest BCUT2D eigenvalue weighted by Crippen LogP contribution is -2.49. The molecule has 0 aromatic carbocycles. The third-order valence-corrected chi connectivity index (χ3v) is 4.57. The third-order valence-electron chi connectivity index (χ3n) is 4.57. The fraction of sp³-hybridized carbons (Fsp3) is 0.706. The van der Waals surface area contributed by atoms with Crippen LogP contribution in [-0.4, -0.2) is 68.1 Å². The molecule has 0 aliphatic carbocycles. The van der Waals surface area contributed by atoms with E-state index in [4.69, 9.17) is 0 Å². The molecule has 2 heterocycles. The van der Waals surface area contributed by atoms with Crippen LogP contribution in [-0.2, 0) is 9.59 Å². The van der Waals surface area contributed by atoms with E-state index in [1.54, 1.807) is 6.08 Å². The van der Waals surface area contributed by atoms with Gasteiger partial charge in [0, 0.05) is 19.6 Å². The van der Waals surface area contributed by atoms with Gasteiger partial charge in [0.15, 0.2) is 0 Å². The van der Waals surface area contributed by atoms with Crippen molar-refractivity contribution in [3.63, 3.8) is 0 Å². The van der Waals surface area contributed by atoms with Crippen molar-refractivity contribution in [2.75, 3.05) is 39.3 Å². The lowest BCUT2D eigenvalue weighted by Gasteiger charge is -2.32. The van der Waals surface area contributed by atoms with Crippen LogP contribution >= 0.6 is 12.4 Å². The normalized spacial score (nSPS) is 22.8. The molecule has 0 bridgehead atoms. The predicted octanol–water partition coefficient (Wildman–Crippen LogP) is 0.000200. The number of rotatable bonds is 7. The molecule has 0 spiro atoms. The zero-order chi connectivity index (χ0) is 18.1. The van der Waals surface area contributed by atoms with E-state index >= 15 is 0 Å². The second-order valence-corrected chi connectivity index (χ2v) is 6.68. The minimum atomic E-state index is -0.505. The Balaban J connectivity index is 0.00000338. The summed E-state index contributed by atoms with van der Waals surface area (Å²) in [5.74, 6) is 0.0918. The monoisotopic (exact) mass is 387 g/mol. The van der Waals surface area contributed by atoms with Crippen molar-refractivity contribution in [1.82, 2.24) is 26.2 Å². The highest BCUT2D eigenvalue weighted by Gasteiger charge is 2.25. The smallest absolute Gasteiger partial charge is 0.321 e. The molecular formula is C17H30ClN5O3. The van der Waals surface area contributed by atoms with Crippen molar-refractivity contribution >= 4 is 30.3 Å². The molecule has 8 nitrogen and oxygen atoms in total. The maximum Gasteiger partial charge on any atom is 0.321 e. The lowest BCUT2D eigenvalue weighted by atomic mass is 9.98. The van der Waals surface area contributed by atoms with E-state index in [-0.39, 0.29) is 36.8 Å². The molecule has 0 radical (unpaired) electrons. The van der Waals surface area contributed by atoms with Gasteiger partial charge in [-0.05, 0) is 44.7 Å². The molecule has 26 heavy (non-hydrogen) atoms. The average molecular weight is 388 g/mol. The summed E-state index contributed by atoms with van der Waals surface area (Å²) in [5.41, 5.74) is 0. The molecular weight excluding hydrogens is 358 g/mol. The van der Waals surface area contributed by atoms with Crippen molar-refractivity contribution in [2.24, 2.45) is 5.92 Å². The number of halogens is 1. The minimum Gasteiger partial charge on any atom is -0.354 e. The van der Waals surface area contributed by atoms with E-state index in [1.165, 1.54) is 0 Å². The molecule has 2 aliphatic rings. The molecule has 4 N–H and O–H groups in total. The molecule has 2 atom stereocenters. The molecule has 2 aliphatic heterocycles. The Bertz CT molecular complexity index is 497. The summed E-state index contributed by atoms with van der Waals surface area (Å²) in [5, 5.41) is 11.0. The molecule has 0 aromatic heterocycles. The summed E-state index contributed by atoms with van der Waals surface area (Å²) in [7, 11) is 0. The van der Waals surface area contributed by atoms with Crippen LogP contribution in [0.1, 0.15) is 25.7 Å². The van der Waals surface area contributed by atoms with Gasteiger partial charge in [0.25, 0.3) is 0 Å². The van der Waals surface area contributed by atoms with E-state index in [0.29, 0.717) is 19.0 Å². The Morgan fingerprint density at radius 3 is 2.69 bits per heavy atom. The first-order valence-corrected chi connectivity index (χ1v) is 9.00. The topological polar surface area (TPSA) is 103 Å². The zero-order valence-corrected chi connectivity index (χ0v) is 15.9. The van der Waals surface area contributed by atoms with Crippen LogP contribution in [0.2, 0.25) is 0 Å². The number of nitrogens with one attached hydrogen (secondary N) is 4. The first-order valence-electron chi connectivity index (χ1n) is 9.00. The second-order valence-electron chi connectivity index (χ2n) is 6.68. The molecule has 0 saturated carbocycles. The number of carbonyl (C=O) groups is 3. The third kappa shape index (κ3) is 7.72. The predicted molar refractivity (Wildman–Crippen MR) is 102 cm³/mol. The van der Waals surface area contributed by atoms with Crippen LogP contribution in [0.25, 0.3) is 0 Å². The Morgan fingerprint density at radius 1 is 1.19 bits per heavy atom. The van der Waals surface area contributed by atoms with Gasteiger partial charge in [0.2, 0.25) is 11.8 Å². The largest absolute Gasteiger partial charge is 0.354 e. The zero-order valence-electron chi connectivity index (χ0n) is 15.1. The fourth-order valence-corrected chi connectivity index (χ4v) is 3.32. The highest BCUT2D eigenvalue weighted by Crippen LogP contribution is 2.15. The van der Waals surface area contributed by atoms with Crippen molar-refractivity contribution in [2.45, 2.75) is 31.7 Å². The number of nitrogens with zero attached hydrogens (tertiary/aromatic N) is 1. The molecule has 2 saturated heterocycles. The molecule has 4 amide bonds. The SMILES string of the molecule is C=CCNC(=O)NC(=O)CN1CCCC(CNC(=O)C2CCCN2)C1.Cl. The summed E-state index contributed by atoms with van der Waals surface area (Å²) in [6.07, 6.45) is 5.52. The van der Waals surface area contributed by atoms with Crippen LogP contribution < -0.4 is 21.3 Å². The van der Waals surface area contributed by atoms with Crippen LogP contribution in [0.4, 0.5) is 4.79 Å². The van der Waals surface area contributed by atoms with E-state index in [1.807, 2.05) is 4.90 Å². The van der Waals surface area contributed by atoms with Crippen LogP contribution in [0.5, 0.6) is 0 Å². The maximum absolute atomic E-state index is 12.1. The summed E-state index contributed by atoms with van der Waals surface area (Å²) in [4.78, 5) is 37.5. The van der Waals surface area contributed by atoms with E-state index < -0.39 is 6.03 Å². The summed E-state index contributed by atoms with van der Waals surface area (Å²) in [6.45, 7) is 7.13. The minimum absolute atomic E-state index is 0. The number of hydrogen-bond acceptors (Lipinski definition) is 5. The number of urea groups is 1. The number of piperidine rings is 1. The van der Waals surface area contributed by atoms with Crippen molar-refractivity contribution in [3.05, 3.63) is 12.7 Å². The highest BCUT2D eigenvalue weighted by molar-refractivity contribution is 5.95. The van der Waals surface area contributed by atoms with Gasteiger partial charge in [-0.2, -0.15) is 0 Å². The van der Waals surface area contributed by atoms with Gasteiger partial charge in [-0.3, -0.25) is 19.8 Å². The van der Waals surface area contributed by atoms with Gasteiger partial charge in [0.1, 0.15) is 0 Å². The maximum atomic E-state index is 12.1. The molecule has 148 valence electrons. The van der Waals surface area contributed by atoms with Crippen LogP contribution in [0, 0.1) is 5.92 Å². The highest BCUT2D eigenvalue weighted by atomic mass is 35.5. The van der Waals surface area contributed by atoms with Gasteiger partial charge >= 0.3 is 6.03 Å². The number of hydrogen-bond donors (Lipinski definition) is 4. The van der Waals surface area contributed by atoms with Crippen LogP contribution in [0.15, 0.2) is 12.7 Å². The van der Waals surface area contributed by atoms with Gasteiger partial charge in [-0.15, -0.1) is 19.0 Å². The van der Waals surface area contributed by atoms with E-state index in [2.05, 4.69) is 27.8 Å². The first-order chi connectivity index (χ1) is 12.1. The van der Waals surface area contributed by atoms with E-state index in [9.17, 15) is 14.4 Å². The van der Waals surface area contributed by atoms with Crippen molar-refractivity contribution in [1.29, 1.82) is 0 Å². The number of carbonyl (C=O) groups excluding carboxylic acids is 3. The molecule has 2 fully saturated rings. The molecule has 9 heteroatoms. The van der Waals surface area contributed by atoms with Gasteiger partial charge < -0.3 is 16.0 Å². The first kappa shape index (κ1) is 22.4. The lowest BCUT2D eigenvalue weighted by molar-refractivity contribution is -0.124. The summed E-state index contributed by atoms with van der Waals surface area (Å²) < 4.78 is 0. The van der Waals surface area contributed by atoms with E-state index in [0.717, 1.165) is 45.3 Å². The Labute approximate surface area is 160 Å². The Hall–Kier alpha value is -1.64. The summed E-state index contributed by atoms with van der Waals surface area (Å²) in [6, 6.07) is -0.561. The Kier molecular flexibility index (Phi) is 10.2. The van der Waals surface area contributed by atoms with Gasteiger partial charge in [-0.1, -0.05) is 6.08 Å². The number of amides is 4. The fourth-order valence-electron chi connectivity index (χ4n) is 3.32. The summed E-state index contributed by atoms with van der Waals surface area (Å²) >= 11 is 0. The van der Waals surface area contributed by atoms with Crippen LogP contribution in [0.3, 0.4) is 0 Å². The average Bonchev–Trinajstić information content (AvgIpc) is 3.12. The van der Waals surface area contributed by atoms with Crippen molar-refractivity contribution < 1.29 is 14.4 Å². The number of likely N-dealkylation sites (tertiary alicyclic amines) is 1. The van der Waals surface area contributed by atoms with Gasteiger partial charge in [0.05, 0.1) is 12.6 Å². The standard InChI is InChI=1S/C17H29N5O3.ClH/c1-2-7-19-17(25)21-15(23)12-22-9-4-5-13(11-22)10-20-16(24)14-6-3-8-18-14;/h2,13-14,18H,1,3-12H2,(H,20,24)(H2,19,21,23,25);1H. The van der Waals surface area contributed by atoms with Gasteiger partial charge in [-0.25, -0.2) is 4.79 Å². The number of imide groups is 1.